The summed E-state index contributed by atoms with van der Waals surface area (Å²) in [6.07, 6.45) is 3.29. The summed E-state index contributed by atoms with van der Waals surface area (Å²) in [6.45, 7) is 0. The number of amidine groups is 1. The Labute approximate surface area is 113 Å². The maximum atomic E-state index is 8.75. The third-order valence-corrected chi connectivity index (χ3v) is 3.27. The van der Waals surface area contributed by atoms with Crippen molar-refractivity contribution in [2.24, 2.45) is 10.9 Å². The SMILES string of the molecule is NC(=NO)c1cc(Cl)ccc1Sc1ncccn1. The Hall–Kier alpha value is -1.79. The van der Waals surface area contributed by atoms with E-state index in [1.807, 2.05) is 0 Å². The van der Waals surface area contributed by atoms with Crippen molar-refractivity contribution in [2.45, 2.75) is 10.1 Å². The van der Waals surface area contributed by atoms with Crippen LogP contribution in [-0.2, 0) is 0 Å². The summed E-state index contributed by atoms with van der Waals surface area (Å²) in [6, 6.07) is 6.86. The molecule has 3 N–H and O–H groups in total. The van der Waals surface area contributed by atoms with Crippen molar-refractivity contribution in [3.63, 3.8) is 0 Å². The predicted molar refractivity (Wildman–Crippen MR) is 70.1 cm³/mol. The van der Waals surface area contributed by atoms with Gasteiger partial charge in [0.2, 0.25) is 0 Å². The molecule has 7 heteroatoms. The fourth-order valence-corrected chi connectivity index (χ4v) is 2.29. The van der Waals surface area contributed by atoms with E-state index >= 15 is 0 Å². The molecule has 1 heterocycles. The van der Waals surface area contributed by atoms with E-state index in [9.17, 15) is 0 Å². The molecule has 18 heavy (non-hydrogen) atoms. The average molecular weight is 281 g/mol. The highest BCUT2D eigenvalue weighted by Crippen LogP contribution is 2.29. The second kappa shape index (κ2) is 5.70. The highest BCUT2D eigenvalue weighted by Gasteiger charge is 2.10. The van der Waals surface area contributed by atoms with Crippen LogP contribution in [0.5, 0.6) is 0 Å². The Morgan fingerprint density at radius 2 is 2.06 bits per heavy atom. The molecule has 0 unspecified atom stereocenters. The average Bonchev–Trinajstić information content (AvgIpc) is 2.41. The van der Waals surface area contributed by atoms with Crippen molar-refractivity contribution < 1.29 is 5.21 Å². The Kier molecular flexibility index (Phi) is 4.01. The van der Waals surface area contributed by atoms with Gasteiger partial charge in [-0.3, -0.25) is 0 Å². The number of rotatable bonds is 3. The van der Waals surface area contributed by atoms with Gasteiger partial charge >= 0.3 is 0 Å². The fourth-order valence-electron chi connectivity index (χ4n) is 1.28. The van der Waals surface area contributed by atoms with Gasteiger partial charge < -0.3 is 10.9 Å². The number of hydrogen-bond acceptors (Lipinski definition) is 5. The van der Waals surface area contributed by atoms with Crippen LogP contribution >= 0.6 is 23.4 Å². The van der Waals surface area contributed by atoms with Gasteiger partial charge in [-0.25, -0.2) is 9.97 Å². The van der Waals surface area contributed by atoms with Crippen LogP contribution in [0, 0.1) is 0 Å². The molecule has 5 nitrogen and oxygen atoms in total. The van der Waals surface area contributed by atoms with E-state index in [0.717, 1.165) is 4.90 Å². The minimum atomic E-state index is -0.00377. The molecule has 0 atom stereocenters. The van der Waals surface area contributed by atoms with Gasteiger partial charge in [0.25, 0.3) is 0 Å². The lowest BCUT2D eigenvalue weighted by Gasteiger charge is -2.07. The molecule has 1 aromatic heterocycles. The van der Waals surface area contributed by atoms with Crippen LogP contribution in [0.3, 0.4) is 0 Å². The van der Waals surface area contributed by atoms with Gasteiger partial charge in [-0.05, 0) is 36.0 Å². The molecule has 0 aliphatic carbocycles. The van der Waals surface area contributed by atoms with Crippen LogP contribution in [0.1, 0.15) is 5.56 Å². The summed E-state index contributed by atoms with van der Waals surface area (Å²) in [4.78, 5) is 8.96. The van der Waals surface area contributed by atoms with E-state index < -0.39 is 0 Å². The molecule has 0 spiro atoms. The Morgan fingerprint density at radius 1 is 1.33 bits per heavy atom. The third-order valence-electron chi connectivity index (χ3n) is 2.07. The Bertz CT molecular complexity index is 577. The number of benzene rings is 1. The lowest BCUT2D eigenvalue weighted by atomic mass is 10.2. The third kappa shape index (κ3) is 2.91. The zero-order chi connectivity index (χ0) is 13.0. The van der Waals surface area contributed by atoms with Crippen LogP contribution in [0.2, 0.25) is 5.02 Å². The van der Waals surface area contributed by atoms with Gasteiger partial charge in [-0.2, -0.15) is 0 Å². The first kappa shape index (κ1) is 12.7. The van der Waals surface area contributed by atoms with Gasteiger partial charge in [0.15, 0.2) is 11.0 Å². The molecule has 0 radical (unpaired) electrons. The van der Waals surface area contributed by atoms with E-state index in [1.54, 1.807) is 36.7 Å². The minimum absolute atomic E-state index is 0.00377. The highest BCUT2D eigenvalue weighted by molar-refractivity contribution is 7.99. The van der Waals surface area contributed by atoms with Crippen molar-refractivity contribution in [3.8, 4) is 0 Å². The predicted octanol–water partition coefficient (Wildman–Crippen LogP) is 2.38. The highest BCUT2D eigenvalue weighted by atomic mass is 35.5. The summed E-state index contributed by atoms with van der Waals surface area (Å²) in [7, 11) is 0. The van der Waals surface area contributed by atoms with Gasteiger partial charge in [-0.15, -0.1) is 0 Å². The second-order valence-electron chi connectivity index (χ2n) is 3.26. The molecule has 2 rings (SSSR count). The minimum Gasteiger partial charge on any atom is -0.409 e. The number of oxime groups is 1. The molecule has 0 bridgehead atoms. The number of halogens is 1. The molecule has 0 fully saturated rings. The van der Waals surface area contributed by atoms with E-state index in [2.05, 4.69) is 15.1 Å². The van der Waals surface area contributed by atoms with E-state index in [1.165, 1.54) is 11.8 Å². The van der Waals surface area contributed by atoms with Crippen LogP contribution in [-0.4, -0.2) is 21.0 Å². The quantitative estimate of drug-likeness (QED) is 0.296. The molecule has 0 saturated carbocycles. The molecule has 0 saturated heterocycles. The van der Waals surface area contributed by atoms with E-state index in [0.29, 0.717) is 15.7 Å². The van der Waals surface area contributed by atoms with Gasteiger partial charge in [0.1, 0.15) is 0 Å². The van der Waals surface area contributed by atoms with Crippen molar-refractivity contribution in [2.75, 3.05) is 0 Å². The molecule has 0 amide bonds. The van der Waals surface area contributed by atoms with Crippen LogP contribution < -0.4 is 5.73 Å². The Morgan fingerprint density at radius 3 is 2.72 bits per heavy atom. The maximum Gasteiger partial charge on any atom is 0.192 e. The number of nitrogens with two attached hydrogens (primary N) is 1. The number of nitrogens with zero attached hydrogens (tertiary/aromatic N) is 3. The van der Waals surface area contributed by atoms with Crippen molar-refractivity contribution >= 4 is 29.2 Å². The maximum absolute atomic E-state index is 8.75. The summed E-state index contributed by atoms with van der Waals surface area (Å²) >= 11 is 7.20. The van der Waals surface area contributed by atoms with Crippen LogP contribution in [0.25, 0.3) is 0 Å². The lowest BCUT2D eigenvalue weighted by Crippen LogP contribution is -2.14. The van der Waals surface area contributed by atoms with Gasteiger partial charge in [0.05, 0.1) is 0 Å². The molecule has 0 aliphatic rings. The lowest BCUT2D eigenvalue weighted by molar-refractivity contribution is 0.318. The van der Waals surface area contributed by atoms with Crippen molar-refractivity contribution in [1.82, 2.24) is 9.97 Å². The zero-order valence-electron chi connectivity index (χ0n) is 9.12. The van der Waals surface area contributed by atoms with Crippen LogP contribution in [0.4, 0.5) is 0 Å². The monoisotopic (exact) mass is 280 g/mol. The number of hydrogen-bond donors (Lipinski definition) is 2. The standard InChI is InChI=1S/C11H9ClN4OS/c12-7-2-3-9(8(6-7)10(13)16-17)18-11-14-4-1-5-15-11/h1-6,17H,(H2,13,16). The zero-order valence-corrected chi connectivity index (χ0v) is 10.7. The van der Waals surface area contributed by atoms with Gasteiger partial charge in [0, 0.05) is 27.9 Å². The van der Waals surface area contributed by atoms with Crippen molar-refractivity contribution in [3.05, 3.63) is 47.2 Å². The molecular formula is C11H9ClN4OS. The second-order valence-corrected chi connectivity index (χ2v) is 4.70. The normalized spacial score (nSPS) is 11.5. The topological polar surface area (TPSA) is 84.4 Å². The molecule has 2 aromatic rings. The summed E-state index contributed by atoms with van der Waals surface area (Å²) < 4.78 is 0. The van der Waals surface area contributed by atoms with E-state index in [-0.39, 0.29) is 5.84 Å². The Balaban J connectivity index is 2.39. The summed E-state index contributed by atoms with van der Waals surface area (Å²) in [5.74, 6) is -0.00377. The largest absolute Gasteiger partial charge is 0.409 e. The molecule has 92 valence electrons. The van der Waals surface area contributed by atoms with Gasteiger partial charge in [-0.1, -0.05) is 16.8 Å². The molecular weight excluding hydrogens is 272 g/mol. The molecule has 0 aliphatic heterocycles. The van der Waals surface area contributed by atoms with Crippen molar-refractivity contribution in [1.29, 1.82) is 0 Å². The first-order valence-electron chi connectivity index (χ1n) is 4.93. The summed E-state index contributed by atoms with van der Waals surface area (Å²) in [5.41, 5.74) is 6.15. The molecule has 1 aromatic carbocycles. The first-order valence-corrected chi connectivity index (χ1v) is 6.12. The first-order chi connectivity index (χ1) is 8.70. The summed E-state index contributed by atoms with van der Waals surface area (Å²) in [5, 5.41) is 12.8. The fraction of sp³-hybridized carbons (Fsp3) is 0. The smallest absolute Gasteiger partial charge is 0.192 e. The number of aromatic nitrogens is 2. The van der Waals surface area contributed by atoms with E-state index in [4.69, 9.17) is 22.5 Å². The van der Waals surface area contributed by atoms with Crippen LogP contribution in [0.15, 0.2) is 51.9 Å².